The van der Waals surface area contributed by atoms with Crippen molar-refractivity contribution in [1.29, 1.82) is 0 Å². The third-order valence-electron chi connectivity index (χ3n) is 6.77. The molecule has 3 aromatic carbocycles. The van der Waals surface area contributed by atoms with Gasteiger partial charge in [0.05, 0.1) is 11.9 Å². The number of nitrogens with zero attached hydrogens (tertiary/aromatic N) is 2. The molecule has 0 spiro atoms. The predicted octanol–water partition coefficient (Wildman–Crippen LogP) is 5.28. The number of anilines is 1. The number of carbonyl (C=O) groups is 2. The van der Waals surface area contributed by atoms with Crippen molar-refractivity contribution in [2.75, 3.05) is 17.1 Å². The number of amides is 2. The summed E-state index contributed by atoms with van der Waals surface area (Å²) in [4.78, 5) is 28.6. The highest BCUT2D eigenvalue weighted by Gasteiger charge is 2.32. The third-order valence-corrected chi connectivity index (χ3v) is 7.91. The van der Waals surface area contributed by atoms with Crippen LogP contribution in [-0.4, -0.2) is 50.0 Å². The van der Waals surface area contributed by atoms with E-state index in [1.165, 1.54) is 4.90 Å². The Labute approximate surface area is 238 Å². The van der Waals surface area contributed by atoms with Gasteiger partial charge in [0.1, 0.15) is 24.1 Å². The summed E-state index contributed by atoms with van der Waals surface area (Å²) in [6, 6.07) is 22.6. The summed E-state index contributed by atoms with van der Waals surface area (Å²) < 4.78 is 32.6. The average Bonchev–Trinajstić information content (AvgIpc) is 2.93. The van der Waals surface area contributed by atoms with Crippen molar-refractivity contribution >= 4 is 27.5 Å². The van der Waals surface area contributed by atoms with Gasteiger partial charge in [-0.3, -0.25) is 13.9 Å². The Hall–Kier alpha value is -3.85. The van der Waals surface area contributed by atoms with Crippen molar-refractivity contribution in [3.05, 3.63) is 90.0 Å². The number of hydrogen-bond donors (Lipinski definition) is 1. The van der Waals surface area contributed by atoms with Crippen LogP contribution in [0.3, 0.4) is 0 Å². The van der Waals surface area contributed by atoms with Crippen molar-refractivity contribution in [3.8, 4) is 11.5 Å². The first-order chi connectivity index (χ1) is 19.0. The van der Waals surface area contributed by atoms with Crippen LogP contribution in [0.5, 0.6) is 11.5 Å². The number of aryl methyl sites for hydroxylation is 1. The number of carbonyl (C=O) groups excluding carboxylic acids is 2. The van der Waals surface area contributed by atoms with Crippen molar-refractivity contribution in [1.82, 2.24) is 10.2 Å². The normalized spacial score (nSPS) is 12.7. The Kier molecular flexibility index (Phi) is 10.7. The molecular weight excluding hydrogens is 526 g/mol. The smallest absolute Gasteiger partial charge is 0.244 e. The van der Waals surface area contributed by atoms with E-state index >= 15 is 0 Å². The fourth-order valence-corrected chi connectivity index (χ4v) is 5.10. The van der Waals surface area contributed by atoms with Gasteiger partial charge < -0.3 is 15.0 Å². The molecule has 0 aliphatic heterocycles. The summed E-state index contributed by atoms with van der Waals surface area (Å²) in [6.45, 7) is 7.41. The number of nitrogens with one attached hydrogen (secondary N) is 1. The summed E-state index contributed by atoms with van der Waals surface area (Å²) >= 11 is 0. The topological polar surface area (TPSA) is 96.0 Å². The third kappa shape index (κ3) is 8.32. The number of ether oxygens (including phenoxy) is 1. The van der Waals surface area contributed by atoms with Gasteiger partial charge in [0.25, 0.3) is 0 Å². The Morgan fingerprint density at radius 1 is 0.875 bits per heavy atom. The molecule has 0 radical (unpaired) electrons. The molecule has 0 fully saturated rings. The second-order valence-corrected chi connectivity index (χ2v) is 11.8. The van der Waals surface area contributed by atoms with E-state index < -0.39 is 28.5 Å². The monoisotopic (exact) mass is 565 g/mol. The minimum Gasteiger partial charge on any atom is -0.457 e. The van der Waals surface area contributed by atoms with Gasteiger partial charge in [-0.2, -0.15) is 0 Å². The van der Waals surface area contributed by atoms with E-state index in [0.29, 0.717) is 23.6 Å². The second kappa shape index (κ2) is 14.0. The van der Waals surface area contributed by atoms with Crippen molar-refractivity contribution in [2.24, 2.45) is 0 Å². The highest BCUT2D eigenvalue weighted by atomic mass is 32.2. The van der Waals surface area contributed by atoms with Crippen LogP contribution in [0.2, 0.25) is 0 Å². The van der Waals surface area contributed by atoms with Crippen molar-refractivity contribution < 1.29 is 22.7 Å². The molecule has 0 bridgehead atoms. The number of hydrogen-bond acceptors (Lipinski definition) is 5. The Morgan fingerprint density at radius 2 is 1.48 bits per heavy atom. The molecule has 2 atom stereocenters. The summed E-state index contributed by atoms with van der Waals surface area (Å²) in [7, 11) is -3.83. The standard InChI is InChI=1S/C31H39N3O5S/c1-6-24(4)32-31(36)29(7-2)33(21-25-14-12-11-13-23(25)3)30(35)22-34(40(5,37)38)26-17-19-28(20-18-26)39-27-15-9-8-10-16-27/h8-20,24,29H,6-7,21-22H2,1-5H3,(H,32,36)/t24-,29-/m0/s1. The lowest BCUT2D eigenvalue weighted by molar-refractivity contribution is -0.140. The van der Waals surface area contributed by atoms with E-state index in [4.69, 9.17) is 4.74 Å². The zero-order chi connectivity index (χ0) is 29.3. The molecule has 0 saturated carbocycles. The van der Waals surface area contributed by atoms with Gasteiger partial charge in [-0.25, -0.2) is 8.42 Å². The Bertz CT molecular complexity index is 1380. The molecule has 0 aliphatic carbocycles. The predicted molar refractivity (Wildman–Crippen MR) is 159 cm³/mol. The first-order valence-corrected chi connectivity index (χ1v) is 15.3. The van der Waals surface area contributed by atoms with Gasteiger partial charge in [-0.05, 0) is 74.2 Å². The molecule has 3 rings (SSSR count). The van der Waals surface area contributed by atoms with E-state index in [9.17, 15) is 18.0 Å². The van der Waals surface area contributed by atoms with Crippen LogP contribution in [-0.2, 0) is 26.2 Å². The number of sulfonamides is 1. The van der Waals surface area contributed by atoms with Gasteiger partial charge in [0.15, 0.2) is 0 Å². The lowest BCUT2D eigenvalue weighted by Crippen LogP contribution is -2.53. The van der Waals surface area contributed by atoms with Crippen LogP contribution in [0.25, 0.3) is 0 Å². The quantitative estimate of drug-likeness (QED) is 0.304. The molecule has 0 aliphatic rings. The van der Waals surface area contributed by atoms with E-state index in [1.807, 2.05) is 82.3 Å². The van der Waals surface area contributed by atoms with Gasteiger partial charge in [-0.1, -0.05) is 56.3 Å². The van der Waals surface area contributed by atoms with Crippen LogP contribution in [0.1, 0.15) is 44.7 Å². The SMILES string of the molecule is CC[C@H](C)NC(=O)[C@H](CC)N(Cc1ccccc1C)C(=O)CN(c1ccc(Oc2ccccc2)cc1)S(C)(=O)=O. The van der Waals surface area contributed by atoms with Crippen molar-refractivity contribution in [2.45, 2.75) is 59.2 Å². The minimum atomic E-state index is -3.83. The highest BCUT2D eigenvalue weighted by molar-refractivity contribution is 7.92. The van der Waals surface area contributed by atoms with Crippen LogP contribution < -0.4 is 14.4 Å². The second-order valence-electron chi connectivity index (χ2n) is 9.87. The zero-order valence-corrected chi connectivity index (χ0v) is 24.6. The van der Waals surface area contributed by atoms with Gasteiger partial charge in [-0.15, -0.1) is 0 Å². The number of rotatable bonds is 13. The molecule has 3 aromatic rings. The lowest BCUT2D eigenvalue weighted by atomic mass is 10.1. The number of benzene rings is 3. The summed E-state index contributed by atoms with van der Waals surface area (Å²) in [6.07, 6.45) is 2.19. The number of para-hydroxylation sites is 1. The zero-order valence-electron chi connectivity index (χ0n) is 23.8. The molecule has 9 heteroatoms. The van der Waals surface area contributed by atoms with Crippen molar-refractivity contribution in [3.63, 3.8) is 0 Å². The van der Waals surface area contributed by atoms with E-state index in [-0.39, 0.29) is 18.5 Å². The van der Waals surface area contributed by atoms with Gasteiger partial charge >= 0.3 is 0 Å². The molecule has 0 aromatic heterocycles. The minimum absolute atomic E-state index is 0.0545. The van der Waals surface area contributed by atoms with Crippen LogP contribution in [0, 0.1) is 6.92 Å². The molecule has 40 heavy (non-hydrogen) atoms. The van der Waals surface area contributed by atoms with E-state index in [0.717, 1.165) is 28.1 Å². The molecule has 0 heterocycles. The molecule has 0 saturated heterocycles. The molecule has 2 amide bonds. The van der Waals surface area contributed by atoms with Crippen LogP contribution >= 0.6 is 0 Å². The first-order valence-electron chi connectivity index (χ1n) is 13.5. The summed E-state index contributed by atoms with van der Waals surface area (Å²) in [5, 5.41) is 2.98. The maximum Gasteiger partial charge on any atom is 0.244 e. The maximum absolute atomic E-state index is 13.9. The van der Waals surface area contributed by atoms with Crippen LogP contribution in [0.4, 0.5) is 5.69 Å². The first kappa shape index (κ1) is 30.7. The molecular formula is C31H39N3O5S. The maximum atomic E-state index is 13.9. The highest BCUT2D eigenvalue weighted by Crippen LogP contribution is 2.26. The molecule has 8 nitrogen and oxygen atoms in total. The van der Waals surface area contributed by atoms with E-state index in [1.54, 1.807) is 24.3 Å². The fourth-order valence-electron chi connectivity index (χ4n) is 4.25. The summed E-state index contributed by atoms with van der Waals surface area (Å²) in [5.74, 6) is 0.457. The average molecular weight is 566 g/mol. The van der Waals surface area contributed by atoms with E-state index in [2.05, 4.69) is 5.32 Å². The Balaban J connectivity index is 1.90. The molecule has 214 valence electrons. The summed E-state index contributed by atoms with van der Waals surface area (Å²) in [5.41, 5.74) is 2.19. The van der Waals surface area contributed by atoms with Crippen LogP contribution in [0.15, 0.2) is 78.9 Å². The molecule has 0 unspecified atom stereocenters. The lowest BCUT2D eigenvalue weighted by Gasteiger charge is -2.33. The van der Waals surface area contributed by atoms with Gasteiger partial charge in [0.2, 0.25) is 21.8 Å². The van der Waals surface area contributed by atoms with Gasteiger partial charge in [0, 0.05) is 12.6 Å². The molecule has 1 N–H and O–H groups in total. The fraction of sp³-hybridized carbons (Fsp3) is 0.355. The Morgan fingerprint density at radius 3 is 2.05 bits per heavy atom. The largest absolute Gasteiger partial charge is 0.457 e.